The molecule has 0 N–H and O–H groups in total. The van der Waals surface area contributed by atoms with E-state index in [2.05, 4.69) is 41.2 Å². The predicted molar refractivity (Wildman–Crippen MR) is 70.3 cm³/mol. The van der Waals surface area contributed by atoms with Gasteiger partial charge in [0.15, 0.2) is 11.0 Å². The lowest BCUT2D eigenvalue weighted by Gasteiger charge is -2.18. The summed E-state index contributed by atoms with van der Waals surface area (Å²) in [6.07, 6.45) is 3.23. The standard InChI is InChI=1S/C13H14ClN3/c1-10-3-5-11(6-4-10)9-17(2)13-12(14)15-7-8-16-13/h3-8H,9H2,1-2H3. The van der Waals surface area contributed by atoms with Crippen LogP contribution in [0.5, 0.6) is 0 Å². The van der Waals surface area contributed by atoms with Crippen molar-refractivity contribution in [1.29, 1.82) is 0 Å². The average Bonchev–Trinajstić information content (AvgIpc) is 2.32. The maximum Gasteiger partial charge on any atom is 0.171 e. The van der Waals surface area contributed by atoms with Gasteiger partial charge in [-0.2, -0.15) is 0 Å². The molecule has 0 fully saturated rings. The number of aromatic nitrogens is 2. The van der Waals surface area contributed by atoms with Gasteiger partial charge in [-0.25, -0.2) is 9.97 Å². The number of aryl methyl sites for hydroxylation is 1. The van der Waals surface area contributed by atoms with Gasteiger partial charge in [0.05, 0.1) is 0 Å². The average molecular weight is 248 g/mol. The molecule has 0 bridgehead atoms. The Kier molecular flexibility index (Phi) is 3.59. The van der Waals surface area contributed by atoms with Gasteiger partial charge < -0.3 is 4.90 Å². The maximum atomic E-state index is 6.00. The van der Waals surface area contributed by atoms with E-state index in [0.29, 0.717) is 11.0 Å². The SMILES string of the molecule is Cc1ccc(CN(C)c2nccnc2Cl)cc1. The first-order valence-electron chi connectivity index (χ1n) is 5.40. The first-order chi connectivity index (χ1) is 8.16. The zero-order valence-corrected chi connectivity index (χ0v) is 10.6. The molecule has 0 spiro atoms. The van der Waals surface area contributed by atoms with E-state index in [0.717, 1.165) is 6.54 Å². The molecule has 0 radical (unpaired) electrons. The minimum atomic E-state index is 0.433. The van der Waals surface area contributed by atoms with E-state index in [9.17, 15) is 0 Å². The summed E-state index contributed by atoms with van der Waals surface area (Å²) in [7, 11) is 1.95. The van der Waals surface area contributed by atoms with E-state index < -0.39 is 0 Å². The summed E-state index contributed by atoms with van der Waals surface area (Å²) in [5.41, 5.74) is 2.48. The number of rotatable bonds is 3. The molecule has 2 aromatic rings. The van der Waals surface area contributed by atoms with Crippen LogP contribution in [0.15, 0.2) is 36.7 Å². The Hall–Kier alpha value is -1.61. The van der Waals surface area contributed by atoms with E-state index in [1.807, 2.05) is 11.9 Å². The molecule has 1 aromatic carbocycles. The molecule has 3 nitrogen and oxygen atoms in total. The van der Waals surface area contributed by atoms with Crippen LogP contribution in [0.1, 0.15) is 11.1 Å². The Bertz CT molecular complexity index is 496. The van der Waals surface area contributed by atoms with Crippen molar-refractivity contribution in [2.45, 2.75) is 13.5 Å². The van der Waals surface area contributed by atoms with E-state index in [1.165, 1.54) is 11.1 Å². The van der Waals surface area contributed by atoms with Crippen LogP contribution in [-0.2, 0) is 6.54 Å². The Morgan fingerprint density at radius 3 is 2.41 bits per heavy atom. The molecule has 0 saturated heterocycles. The topological polar surface area (TPSA) is 29.0 Å². The van der Waals surface area contributed by atoms with E-state index >= 15 is 0 Å². The minimum absolute atomic E-state index is 0.433. The highest BCUT2D eigenvalue weighted by Gasteiger charge is 2.08. The van der Waals surface area contributed by atoms with Crippen molar-refractivity contribution in [2.24, 2.45) is 0 Å². The zero-order chi connectivity index (χ0) is 12.3. The fourth-order valence-corrected chi connectivity index (χ4v) is 1.86. The largest absolute Gasteiger partial charge is 0.353 e. The summed E-state index contributed by atoms with van der Waals surface area (Å²) < 4.78 is 0. The Labute approximate surface area is 106 Å². The predicted octanol–water partition coefficient (Wildman–Crippen LogP) is 3.07. The lowest BCUT2D eigenvalue weighted by atomic mass is 10.1. The molecule has 17 heavy (non-hydrogen) atoms. The molecule has 0 aliphatic heterocycles. The van der Waals surface area contributed by atoms with Crippen LogP contribution in [0.3, 0.4) is 0 Å². The van der Waals surface area contributed by atoms with Gasteiger partial charge >= 0.3 is 0 Å². The number of anilines is 1. The van der Waals surface area contributed by atoms with E-state index in [1.54, 1.807) is 12.4 Å². The summed E-state index contributed by atoms with van der Waals surface area (Å²) >= 11 is 6.00. The monoisotopic (exact) mass is 247 g/mol. The Morgan fingerprint density at radius 1 is 1.12 bits per heavy atom. The summed E-state index contributed by atoms with van der Waals surface area (Å²) in [4.78, 5) is 10.2. The van der Waals surface area contributed by atoms with Crippen molar-refractivity contribution in [3.8, 4) is 0 Å². The molecule has 0 aliphatic rings. The molecule has 0 atom stereocenters. The van der Waals surface area contributed by atoms with Crippen molar-refractivity contribution in [1.82, 2.24) is 9.97 Å². The third-order valence-electron chi connectivity index (χ3n) is 2.54. The Balaban J connectivity index is 2.14. The van der Waals surface area contributed by atoms with Gasteiger partial charge in [-0.05, 0) is 12.5 Å². The third kappa shape index (κ3) is 2.94. The number of hydrogen-bond acceptors (Lipinski definition) is 3. The zero-order valence-electron chi connectivity index (χ0n) is 9.89. The molecule has 0 aliphatic carbocycles. The molecular weight excluding hydrogens is 234 g/mol. The Morgan fingerprint density at radius 2 is 1.76 bits per heavy atom. The fraction of sp³-hybridized carbons (Fsp3) is 0.231. The summed E-state index contributed by atoms with van der Waals surface area (Å²) in [6, 6.07) is 8.41. The second-order valence-corrected chi connectivity index (χ2v) is 4.37. The van der Waals surface area contributed by atoms with Gasteiger partial charge in [-0.3, -0.25) is 0 Å². The smallest absolute Gasteiger partial charge is 0.171 e. The molecule has 2 rings (SSSR count). The first kappa shape index (κ1) is 11.9. The second kappa shape index (κ2) is 5.15. The van der Waals surface area contributed by atoms with Crippen molar-refractivity contribution in [3.05, 3.63) is 52.9 Å². The van der Waals surface area contributed by atoms with Gasteiger partial charge in [-0.1, -0.05) is 41.4 Å². The highest BCUT2D eigenvalue weighted by Crippen LogP contribution is 2.20. The molecule has 4 heteroatoms. The molecule has 88 valence electrons. The van der Waals surface area contributed by atoms with Crippen LogP contribution in [0.4, 0.5) is 5.82 Å². The quantitative estimate of drug-likeness (QED) is 0.835. The van der Waals surface area contributed by atoms with Gasteiger partial charge in [0, 0.05) is 26.0 Å². The molecule has 0 amide bonds. The lowest BCUT2D eigenvalue weighted by molar-refractivity contribution is 0.890. The maximum absolute atomic E-state index is 6.00. The molecular formula is C13H14ClN3. The fourth-order valence-electron chi connectivity index (χ4n) is 1.61. The highest BCUT2D eigenvalue weighted by molar-refractivity contribution is 6.31. The van der Waals surface area contributed by atoms with Gasteiger partial charge in [0.1, 0.15) is 0 Å². The number of hydrogen-bond donors (Lipinski definition) is 0. The molecule has 1 aromatic heterocycles. The normalized spacial score (nSPS) is 10.3. The van der Waals surface area contributed by atoms with Gasteiger partial charge in [0.2, 0.25) is 0 Å². The molecule has 0 unspecified atom stereocenters. The highest BCUT2D eigenvalue weighted by atomic mass is 35.5. The van der Waals surface area contributed by atoms with Crippen LogP contribution in [-0.4, -0.2) is 17.0 Å². The van der Waals surface area contributed by atoms with E-state index in [4.69, 9.17) is 11.6 Å². The molecule has 1 heterocycles. The lowest BCUT2D eigenvalue weighted by Crippen LogP contribution is -2.18. The summed E-state index contributed by atoms with van der Waals surface area (Å²) in [5, 5.41) is 0.433. The van der Waals surface area contributed by atoms with Crippen molar-refractivity contribution >= 4 is 17.4 Å². The van der Waals surface area contributed by atoms with Crippen LogP contribution >= 0.6 is 11.6 Å². The van der Waals surface area contributed by atoms with Crippen LogP contribution in [0.2, 0.25) is 5.15 Å². The van der Waals surface area contributed by atoms with Crippen LogP contribution < -0.4 is 4.90 Å². The third-order valence-corrected chi connectivity index (χ3v) is 2.80. The van der Waals surface area contributed by atoms with Crippen molar-refractivity contribution < 1.29 is 0 Å². The second-order valence-electron chi connectivity index (χ2n) is 4.01. The number of nitrogens with zero attached hydrogens (tertiary/aromatic N) is 3. The van der Waals surface area contributed by atoms with Crippen molar-refractivity contribution in [2.75, 3.05) is 11.9 Å². The summed E-state index contributed by atoms with van der Waals surface area (Å²) in [5.74, 6) is 0.703. The van der Waals surface area contributed by atoms with Gasteiger partial charge in [-0.15, -0.1) is 0 Å². The molecule has 0 saturated carbocycles. The first-order valence-corrected chi connectivity index (χ1v) is 5.78. The van der Waals surface area contributed by atoms with Gasteiger partial charge in [0.25, 0.3) is 0 Å². The minimum Gasteiger partial charge on any atom is -0.353 e. The number of benzene rings is 1. The number of halogens is 1. The van der Waals surface area contributed by atoms with E-state index in [-0.39, 0.29) is 0 Å². The van der Waals surface area contributed by atoms with Crippen molar-refractivity contribution in [3.63, 3.8) is 0 Å². The van der Waals surface area contributed by atoms with Crippen LogP contribution in [0, 0.1) is 6.92 Å². The van der Waals surface area contributed by atoms with Crippen LogP contribution in [0.25, 0.3) is 0 Å². The summed E-state index contributed by atoms with van der Waals surface area (Å²) in [6.45, 7) is 2.84.